The lowest BCUT2D eigenvalue weighted by Gasteiger charge is -2.33. The number of piperidine rings is 1. The fourth-order valence-corrected chi connectivity index (χ4v) is 4.86. The van der Waals surface area contributed by atoms with E-state index in [4.69, 9.17) is 15.2 Å². The fourth-order valence-electron chi connectivity index (χ4n) is 4.86. The van der Waals surface area contributed by atoms with E-state index in [0.29, 0.717) is 22.9 Å². The molecule has 1 saturated heterocycles. The van der Waals surface area contributed by atoms with Crippen LogP contribution in [-0.2, 0) is 6.42 Å². The van der Waals surface area contributed by atoms with E-state index < -0.39 is 5.91 Å². The van der Waals surface area contributed by atoms with Gasteiger partial charge >= 0.3 is 0 Å². The van der Waals surface area contributed by atoms with Crippen LogP contribution in [0.15, 0.2) is 42.6 Å². The molecule has 0 spiro atoms. The third kappa shape index (κ3) is 4.59. The predicted octanol–water partition coefficient (Wildman–Crippen LogP) is 3.84. The SMILES string of the molecule is COc1ccc(C(C)=O)c(OC)c1CCN1CCC(n2ccc3ccc(C(N)=O)cc32)CC1. The quantitative estimate of drug-likeness (QED) is 0.528. The maximum Gasteiger partial charge on any atom is 0.248 e. The minimum atomic E-state index is -0.404. The zero-order valence-electron chi connectivity index (χ0n) is 19.5. The second-order valence-corrected chi connectivity index (χ2v) is 8.57. The van der Waals surface area contributed by atoms with E-state index in [2.05, 4.69) is 21.7 Å². The van der Waals surface area contributed by atoms with E-state index in [1.807, 2.05) is 18.2 Å². The number of amides is 1. The van der Waals surface area contributed by atoms with Crippen LogP contribution in [0.5, 0.6) is 11.5 Å². The van der Waals surface area contributed by atoms with Gasteiger partial charge in [0, 0.05) is 48.5 Å². The molecule has 2 heterocycles. The van der Waals surface area contributed by atoms with Crippen molar-refractivity contribution >= 4 is 22.6 Å². The van der Waals surface area contributed by atoms with Crippen molar-refractivity contribution in [3.8, 4) is 11.5 Å². The molecule has 0 radical (unpaired) electrons. The molecule has 0 bridgehead atoms. The third-order valence-electron chi connectivity index (χ3n) is 6.66. The van der Waals surface area contributed by atoms with Crippen molar-refractivity contribution in [2.24, 2.45) is 5.73 Å². The standard InChI is InChI=1S/C26H31N3O4/c1-17(30)21-6-7-24(32-2)22(25(21)33-3)11-14-28-12-9-20(10-13-28)29-15-8-18-4-5-19(26(27)31)16-23(18)29/h4-8,15-16,20H,9-14H2,1-3H3,(H2,27,31). The van der Waals surface area contributed by atoms with Gasteiger partial charge in [0.2, 0.25) is 5.91 Å². The molecule has 3 aromatic rings. The number of hydrogen-bond acceptors (Lipinski definition) is 5. The van der Waals surface area contributed by atoms with Crippen LogP contribution in [0.25, 0.3) is 10.9 Å². The molecule has 0 atom stereocenters. The van der Waals surface area contributed by atoms with Gasteiger partial charge in [0.1, 0.15) is 11.5 Å². The summed E-state index contributed by atoms with van der Waals surface area (Å²) in [5.74, 6) is 0.936. The van der Waals surface area contributed by atoms with Crippen LogP contribution in [0.4, 0.5) is 0 Å². The number of ketones is 1. The van der Waals surface area contributed by atoms with Gasteiger partial charge in [-0.2, -0.15) is 0 Å². The number of ether oxygens (including phenoxy) is 2. The summed E-state index contributed by atoms with van der Waals surface area (Å²) in [7, 11) is 3.24. The number of nitrogens with zero attached hydrogens (tertiary/aromatic N) is 2. The first-order valence-electron chi connectivity index (χ1n) is 11.3. The lowest BCUT2D eigenvalue weighted by Crippen LogP contribution is -2.36. The largest absolute Gasteiger partial charge is 0.496 e. The van der Waals surface area contributed by atoms with Gasteiger partial charge in [-0.25, -0.2) is 0 Å². The van der Waals surface area contributed by atoms with Gasteiger partial charge < -0.3 is 24.7 Å². The Labute approximate surface area is 194 Å². The van der Waals surface area contributed by atoms with Crippen molar-refractivity contribution in [1.82, 2.24) is 9.47 Å². The molecule has 1 aromatic heterocycles. The lowest BCUT2D eigenvalue weighted by atomic mass is 10.0. The first-order valence-corrected chi connectivity index (χ1v) is 11.3. The van der Waals surface area contributed by atoms with Crippen molar-refractivity contribution in [2.75, 3.05) is 33.9 Å². The third-order valence-corrected chi connectivity index (χ3v) is 6.66. The average molecular weight is 450 g/mol. The van der Waals surface area contributed by atoms with Crippen molar-refractivity contribution < 1.29 is 19.1 Å². The van der Waals surface area contributed by atoms with E-state index in [1.54, 1.807) is 33.3 Å². The van der Waals surface area contributed by atoms with Crippen LogP contribution in [0.1, 0.15) is 52.1 Å². The lowest BCUT2D eigenvalue weighted by molar-refractivity contribution is 0.0995. The smallest absolute Gasteiger partial charge is 0.248 e. The van der Waals surface area contributed by atoms with Crippen LogP contribution in [0.2, 0.25) is 0 Å². The number of fused-ring (bicyclic) bond motifs is 1. The number of hydrogen-bond donors (Lipinski definition) is 1. The molecule has 2 aromatic carbocycles. The molecule has 0 unspecified atom stereocenters. The molecule has 1 aliphatic heterocycles. The van der Waals surface area contributed by atoms with Gasteiger partial charge in [-0.1, -0.05) is 6.07 Å². The highest BCUT2D eigenvalue weighted by atomic mass is 16.5. The summed E-state index contributed by atoms with van der Waals surface area (Å²) in [6.45, 7) is 4.35. The summed E-state index contributed by atoms with van der Waals surface area (Å²) in [6, 6.07) is 11.7. The molecular formula is C26H31N3O4. The second kappa shape index (κ2) is 9.67. The Morgan fingerprint density at radius 3 is 2.45 bits per heavy atom. The number of carbonyl (C=O) groups excluding carboxylic acids is 2. The monoisotopic (exact) mass is 449 g/mol. The topological polar surface area (TPSA) is 86.8 Å². The van der Waals surface area contributed by atoms with Gasteiger partial charge in [0.05, 0.1) is 19.8 Å². The molecule has 0 aliphatic carbocycles. The Balaban J connectivity index is 1.44. The normalized spacial score (nSPS) is 15.0. The van der Waals surface area contributed by atoms with Crippen LogP contribution in [-0.4, -0.2) is 55.0 Å². The van der Waals surface area contributed by atoms with Crippen molar-refractivity contribution in [3.05, 3.63) is 59.3 Å². The highest BCUT2D eigenvalue weighted by Gasteiger charge is 2.23. The Bertz CT molecular complexity index is 1180. The molecule has 1 aliphatic rings. The Kier molecular flexibility index (Phi) is 6.70. The van der Waals surface area contributed by atoms with E-state index in [-0.39, 0.29) is 5.78 Å². The summed E-state index contributed by atoms with van der Waals surface area (Å²) < 4.78 is 13.4. The molecule has 7 nitrogen and oxygen atoms in total. The maximum absolute atomic E-state index is 12.0. The summed E-state index contributed by atoms with van der Waals surface area (Å²) >= 11 is 0. The first kappa shape index (κ1) is 22.9. The van der Waals surface area contributed by atoms with Crippen molar-refractivity contribution in [1.29, 1.82) is 0 Å². The number of rotatable bonds is 8. The van der Waals surface area contributed by atoms with Gasteiger partial charge in [0.15, 0.2) is 5.78 Å². The summed E-state index contributed by atoms with van der Waals surface area (Å²) in [5, 5.41) is 1.12. The minimum Gasteiger partial charge on any atom is -0.496 e. The number of nitrogens with two attached hydrogens (primary N) is 1. The molecule has 7 heteroatoms. The number of primary amides is 1. The van der Waals surface area contributed by atoms with E-state index in [9.17, 15) is 9.59 Å². The van der Waals surface area contributed by atoms with E-state index in [0.717, 1.165) is 61.1 Å². The van der Waals surface area contributed by atoms with Crippen LogP contribution >= 0.6 is 0 Å². The summed E-state index contributed by atoms with van der Waals surface area (Å²) in [5.41, 5.74) is 8.59. The molecule has 0 saturated carbocycles. The Morgan fingerprint density at radius 1 is 1.06 bits per heavy atom. The van der Waals surface area contributed by atoms with Crippen molar-refractivity contribution in [3.63, 3.8) is 0 Å². The number of carbonyl (C=O) groups is 2. The first-order chi connectivity index (χ1) is 15.9. The highest BCUT2D eigenvalue weighted by Crippen LogP contribution is 2.34. The number of aromatic nitrogens is 1. The number of benzene rings is 2. The molecule has 1 amide bonds. The van der Waals surface area contributed by atoms with E-state index >= 15 is 0 Å². The minimum absolute atomic E-state index is 0.0185. The maximum atomic E-state index is 12.0. The zero-order valence-corrected chi connectivity index (χ0v) is 19.5. The number of methoxy groups -OCH3 is 2. The Hall–Kier alpha value is -3.32. The van der Waals surface area contributed by atoms with Crippen LogP contribution in [0, 0.1) is 0 Å². The van der Waals surface area contributed by atoms with Gasteiger partial charge in [-0.3, -0.25) is 9.59 Å². The second-order valence-electron chi connectivity index (χ2n) is 8.57. The van der Waals surface area contributed by atoms with Gasteiger partial charge in [-0.05, 0) is 61.9 Å². The van der Waals surface area contributed by atoms with Crippen LogP contribution in [0.3, 0.4) is 0 Å². The van der Waals surface area contributed by atoms with Crippen LogP contribution < -0.4 is 15.2 Å². The van der Waals surface area contributed by atoms with Gasteiger partial charge in [0.25, 0.3) is 0 Å². The molecule has 4 rings (SSSR count). The molecule has 33 heavy (non-hydrogen) atoms. The van der Waals surface area contributed by atoms with Crippen molar-refractivity contribution in [2.45, 2.75) is 32.2 Å². The Morgan fingerprint density at radius 2 is 1.82 bits per heavy atom. The zero-order chi connectivity index (χ0) is 23.5. The molecule has 2 N–H and O–H groups in total. The average Bonchev–Trinajstić information content (AvgIpc) is 3.25. The summed E-state index contributed by atoms with van der Waals surface area (Å²) in [6.07, 6.45) is 4.89. The summed E-state index contributed by atoms with van der Waals surface area (Å²) in [4.78, 5) is 26.1. The molecule has 1 fully saturated rings. The number of Topliss-reactive ketones (excluding diaryl/α,β-unsaturated/α-hetero) is 1. The molecular weight excluding hydrogens is 418 g/mol. The predicted molar refractivity (Wildman–Crippen MR) is 128 cm³/mol. The molecule has 174 valence electrons. The fraction of sp³-hybridized carbons (Fsp3) is 0.385. The van der Waals surface area contributed by atoms with Gasteiger partial charge in [-0.15, -0.1) is 0 Å². The van der Waals surface area contributed by atoms with E-state index in [1.165, 1.54) is 0 Å². The number of likely N-dealkylation sites (tertiary alicyclic amines) is 1. The highest BCUT2D eigenvalue weighted by molar-refractivity contribution is 5.98.